The predicted molar refractivity (Wildman–Crippen MR) is 108 cm³/mol. The van der Waals surface area contributed by atoms with Crippen LogP contribution in [-0.4, -0.2) is 33.9 Å². The average molecular weight is 390 g/mol. The van der Waals surface area contributed by atoms with Crippen molar-refractivity contribution in [1.29, 1.82) is 0 Å². The van der Waals surface area contributed by atoms with Crippen LogP contribution in [0.3, 0.4) is 0 Å². The van der Waals surface area contributed by atoms with Gasteiger partial charge in [0.05, 0.1) is 36.1 Å². The van der Waals surface area contributed by atoms with Crippen LogP contribution in [0.1, 0.15) is 30.3 Å². The maximum atomic E-state index is 13.4. The third-order valence-electron chi connectivity index (χ3n) is 5.44. The van der Waals surface area contributed by atoms with Crippen LogP contribution in [0.4, 0.5) is 4.79 Å². The van der Waals surface area contributed by atoms with Crippen molar-refractivity contribution < 1.29 is 14.3 Å². The molecule has 7 heteroatoms. The van der Waals surface area contributed by atoms with Crippen LogP contribution < -0.4 is 10.1 Å². The summed E-state index contributed by atoms with van der Waals surface area (Å²) in [5.41, 5.74) is 2.45. The van der Waals surface area contributed by atoms with E-state index in [0.29, 0.717) is 23.6 Å². The van der Waals surface area contributed by atoms with Crippen molar-refractivity contribution in [3.05, 3.63) is 65.5 Å². The van der Waals surface area contributed by atoms with E-state index >= 15 is 0 Å². The first kappa shape index (κ1) is 18.9. The summed E-state index contributed by atoms with van der Waals surface area (Å²) in [7, 11) is 1.59. The van der Waals surface area contributed by atoms with Crippen LogP contribution in [-0.2, 0) is 16.9 Å². The van der Waals surface area contributed by atoms with Gasteiger partial charge in [-0.3, -0.25) is 9.69 Å². The van der Waals surface area contributed by atoms with Gasteiger partial charge in [0, 0.05) is 0 Å². The molecule has 29 heavy (non-hydrogen) atoms. The Morgan fingerprint density at radius 2 is 1.69 bits per heavy atom. The second-order valence-electron chi connectivity index (χ2n) is 7.05. The molecular weight excluding hydrogens is 368 g/mol. The van der Waals surface area contributed by atoms with Gasteiger partial charge in [-0.25, -0.2) is 14.8 Å². The van der Waals surface area contributed by atoms with Gasteiger partial charge in [-0.1, -0.05) is 31.2 Å². The third kappa shape index (κ3) is 3.08. The molecule has 0 saturated carbocycles. The Hall–Kier alpha value is -3.48. The molecule has 7 nitrogen and oxygen atoms in total. The molecule has 1 aliphatic rings. The Kier molecular flexibility index (Phi) is 4.66. The topological polar surface area (TPSA) is 84.4 Å². The number of benzene rings is 2. The third-order valence-corrected chi connectivity index (χ3v) is 5.44. The number of nitrogens with one attached hydrogen (secondary N) is 1. The van der Waals surface area contributed by atoms with Gasteiger partial charge in [0.2, 0.25) is 0 Å². The fourth-order valence-electron chi connectivity index (χ4n) is 3.71. The van der Waals surface area contributed by atoms with Gasteiger partial charge in [0.1, 0.15) is 11.3 Å². The lowest BCUT2D eigenvalue weighted by atomic mass is 9.87. The monoisotopic (exact) mass is 390 g/mol. The summed E-state index contributed by atoms with van der Waals surface area (Å²) < 4.78 is 5.20. The van der Waals surface area contributed by atoms with E-state index in [1.165, 1.54) is 4.90 Å². The lowest BCUT2D eigenvalue weighted by Crippen LogP contribution is -2.43. The normalized spacial score (nSPS) is 18.9. The number of amides is 3. The number of carbonyl (C=O) groups excluding carboxylic acids is 2. The van der Waals surface area contributed by atoms with Crippen LogP contribution in [0.15, 0.2) is 48.5 Å². The van der Waals surface area contributed by atoms with Gasteiger partial charge in [-0.05, 0) is 43.2 Å². The number of urea groups is 1. The van der Waals surface area contributed by atoms with Crippen molar-refractivity contribution in [2.75, 3.05) is 7.11 Å². The molecule has 0 radical (unpaired) electrons. The maximum Gasteiger partial charge on any atom is 0.325 e. The minimum absolute atomic E-state index is 0.0756. The number of hydrogen-bond donors (Lipinski definition) is 1. The zero-order valence-electron chi connectivity index (χ0n) is 16.6. The Morgan fingerprint density at radius 3 is 2.31 bits per heavy atom. The van der Waals surface area contributed by atoms with Crippen molar-refractivity contribution >= 4 is 23.0 Å². The summed E-state index contributed by atoms with van der Waals surface area (Å²) >= 11 is 0. The van der Waals surface area contributed by atoms with Crippen molar-refractivity contribution in [1.82, 2.24) is 20.2 Å². The number of fused-ring (bicyclic) bond motifs is 1. The van der Waals surface area contributed by atoms with Crippen LogP contribution in [0, 0.1) is 6.92 Å². The summed E-state index contributed by atoms with van der Waals surface area (Å²) in [6.45, 7) is 3.79. The highest BCUT2D eigenvalue weighted by atomic mass is 16.5. The molecule has 1 aliphatic heterocycles. The number of carbonyl (C=O) groups is 2. The van der Waals surface area contributed by atoms with Gasteiger partial charge >= 0.3 is 6.03 Å². The Balaban J connectivity index is 1.68. The number of imide groups is 1. The Bertz CT molecular complexity index is 1100. The van der Waals surface area contributed by atoms with Crippen LogP contribution in [0.2, 0.25) is 0 Å². The highest BCUT2D eigenvalue weighted by molar-refractivity contribution is 6.07. The first-order valence-electron chi connectivity index (χ1n) is 9.49. The maximum absolute atomic E-state index is 13.4. The molecule has 1 atom stereocenters. The summed E-state index contributed by atoms with van der Waals surface area (Å²) in [6.07, 6.45) is 0.433. The molecule has 0 spiro atoms. The van der Waals surface area contributed by atoms with E-state index in [-0.39, 0.29) is 12.5 Å². The number of methoxy groups -OCH3 is 1. The largest absolute Gasteiger partial charge is 0.497 e. The van der Waals surface area contributed by atoms with Crippen molar-refractivity contribution in [2.24, 2.45) is 0 Å². The molecule has 0 bridgehead atoms. The highest BCUT2D eigenvalue weighted by Gasteiger charge is 2.51. The number of aryl methyl sites for hydroxylation is 1. The lowest BCUT2D eigenvalue weighted by Gasteiger charge is -2.26. The van der Waals surface area contributed by atoms with Gasteiger partial charge < -0.3 is 10.1 Å². The van der Waals surface area contributed by atoms with E-state index in [1.54, 1.807) is 19.2 Å². The molecule has 3 aromatic rings. The van der Waals surface area contributed by atoms with E-state index < -0.39 is 11.6 Å². The number of nitrogens with zero attached hydrogens (tertiary/aromatic N) is 3. The van der Waals surface area contributed by atoms with Gasteiger partial charge in [-0.2, -0.15) is 0 Å². The molecule has 3 amide bonds. The standard InChI is InChI=1S/C22H22N4O3/c1-4-22(15-9-11-16(29-3)12-10-15)20(27)26(21(28)25-22)13-19-14(2)23-17-7-5-6-8-18(17)24-19/h5-12H,4,13H2,1-3H3,(H,25,28)/t22-/m1/s1. The van der Waals surface area contributed by atoms with E-state index in [0.717, 1.165) is 16.6 Å². The zero-order valence-corrected chi connectivity index (χ0v) is 16.6. The Morgan fingerprint density at radius 1 is 1.03 bits per heavy atom. The Labute approximate surface area is 168 Å². The van der Waals surface area contributed by atoms with E-state index in [1.807, 2.05) is 50.2 Å². The molecule has 1 fully saturated rings. The van der Waals surface area contributed by atoms with Crippen LogP contribution >= 0.6 is 0 Å². The molecule has 0 unspecified atom stereocenters. The van der Waals surface area contributed by atoms with E-state index in [4.69, 9.17) is 4.74 Å². The smallest absolute Gasteiger partial charge is 0.325 e. The predicted octanol–water partition coefficient (Wildman–Crippen LogP) is 3.30. The number of para-hydroxylation sites is 2. The molecule has 148 valence electrons. The van der Waals surface area contributed by atoms with E-state index in [9.17, 15) is 9.59 Å². The molecule has 4 rings (SSSR count). The van der Waals surface area contributed by atoms with Crippen LogP contribution in [0.5, 0.6) is 5.75 Å². The molecular formula is C22H22N4O3. The first-order valence-corrected chi connectivity index (χ1v) is 9.49. The number of rotatable bonds is 5. The molecule has 0 aliphatic carbocycles. The fourth-order valence-corrected chi connectivity index (χ4v) is 3.71. The summed E-state index contributed by atoms with van der Waals surface area (Å²) in [5, 5.41) is 2.90. The number of hydrogen-bond acceptors (Lipinski definition) is 5. The molecule has 1 N–H and O–H groups in total. The van der Waals surface area contributed by atoms with Crippen molar-refractivity contribution in [3.63, 3.8) is 0 Å². The van der Waals surface area contributed by atoms with Gasteiger partial charge in [0.25, 0.3) is 5.91 Å². The van der Waals surface area contributed by atoms with E-state index in [2.05, 4.69) is 15.3 Å². The fraction of sp³-hybridized carbons (Fsp3) is 0.273. The highest BCUT2D eigenvalue weighted by Crippen LogP contribution is 2.34. The lowest BCUT2D eigenvalue weighted by molar-refractivity contribution is -0.132. The summed E-state index contributed by atoms with van der Waals surface area (Å²) in [4.78, 5) is 36.5. The minimum Gasteiger partial charge on any atom is -0.497 e. The molecule has 1 aromatic heterocycles. The second-order valence-corrected chi connectivity index (χ2v) is 7.05. The number of aromatic nitrogens is 2. The SMILES string of the molecule is CC[C@]1(c2ccc(OC)cc2)NC(=O)N(Cc2nc3ccccc3nc2C)C1=O. The molecule has 2 aromatic carbocycles. The van der Waals surface area contributed by atoms with Crippen molar-refractivity contribution in [2.45, 2.75) is 32.4 Å². The van der Waals surface area contributed by atoms with Crippen LogP contribution in [0.25, 0.3) is 11.0 Å². The van der Waals surface area contributed by atoms with Gasteiger partial charge in [-0.15, -0.1) is 0 Å². The zero-order chi connectivity index (χ0) is 20.6. The van der Waals surface area contributed by atoms with Crippen molar-refractivity contribution in [3.8, 4) is 5.75 Å². The average Bonchev–Trinajstić information content (AvgIpc) is 2.99. The number of ether oxygens (including phenoxy) is 1. The quantitative estimate of drug-likeness (QED) is 0.676. The first-order chi connectivity index (χ1) is 14.0. The summed E-state index contributed by atoms with van der Waals surface area (Å²) in [5.74, 6) is 0.403. The minimum atomic E-state index is -1.10. The molecule has 1 saturated heterocycles. The summed E-state index contributed by atoms with van der Waals surface area (Å²) in [6, 6.07) is 14.3. The molecule has 2 heterocycles. The van der Waals surface area contributed by atoms with Gasteiger partial charge in [0.15, 0.2) is 0 Å². The second kappa shape index (κ2) is 7.16.